The summed E-state index contributed by atoms with van der Waals surface area (Å²) in [7, 11) is 1.92. The van der Waals surface area contributed by atoms with Crippen LogP contribution < -0.4 is 25.8 Å². The molecule has 0 radical (unpaired) electrons. The Kier molecular flexibility index (Phi) is 12.5. The van der Waals surface area contributed by atoms with Crippen LogP contribution in [0.5, 0.6) is 11.5 Å². The van der Waals surface area contributed by atoms with Crippen molar-refractivity contribution in [3.63, 3.8) is 0 Å². The van der Waals surface area contributed by atoms with Gasteiger partial charge < -0.3 is 35.8 Å². The van der Waals surface area contributed by atoms with Gasteiger partial charge >= 0.3 is 0 Å². The maximum Gasteiger partial charge on any atom is 0.183 e. The molecule has 3 aromatic rings. The summed E-state index contributed by atoms with van der Waals surface area (Å²) in [5.41, 5.74) is 8.38. The van der Waals surface area contributed by atoms with Crippen molar-refractivity contribution < 1.29 is 19.4 Å². The predicted molar refractivity (Wildman–Crippen MR) is 165 cm³/mol. The van der Waals surface area contributed by atoms with Crippen molar-refractivity contribution in [2.45, 2.75) is 25.7 Å². The Bertz CT molecular complexity index is 1200. The van der Waals surface area contributed by atoms with Gasteiger partial charge in [-0.1, -0.05) is 5.16 Å². The predicted octanol–water partition coefficient (Wildman–Crippen LogP) is 4.04. The van der Waals surface area contributed by atoms with Crippen LogP contribution in [0.25, 0.3) is 11.3 Å². The van der Waals surface area contributed by atoms with Gasteiger partial charge in [-0.2, -0.15) is 0 Å². The molecule has 1 aromatic heterocycles. The fraction of sp³-hybridized carbons (Fsp3) is 0.467. The third-order valence-electron chi connectivity index (χ3n) is 6.86. The lowest BCUT2D eigenvalue weighted by Gasteiger charge is -2.26. The molecule has 0 saturated carbocycles. The molecule has 1 aliphatic rings. The molecule has 0 spiro atoms. The zero-order valence-corrected chi connectivity index (χ0v) is 24.6. The minimum Gasteiger partial charge on any atom is -0.494 e. The van der Waals surface area contributed by atoms with Crippen LogP contribution in [0.2, 0.25) is 0 Å². The first-order valence-electron chi connectivity index (χ1n) is 14.3. The Morgan fingerprint density at radius 3 is 2.29 bits per heavy atom. The number of aromatic nitrogens is 1. The van der Waals surface area contributed by atoms with Crippen LogP contribution >= 0.6 is 11.3 Å². The minimum atomic E-state index is 0.0840. The van der Waals surface area contributed by atoms with Crippen molar-refractivity contribution in [2.75, 3.05) is 71.5 Å². The molecule has 10 nitrogen and oxygen atoms in total. The first-order chi connectivity index (χ1) is 20.2. The summed E-state index contributed by atoms with van der Waals surface area (Å²) in [5.74, 6) is 1.72. The molecular formula is C30H42N6O4S. The second kappa shape index (κ2) is 16.8. The number of amidine groups is 1. The van der Waals surface area contributed by atoms with E-state index in [2.05, 4.69) is 32.8 Å². The second-order valence-corrected chi connectivity index (χ2v) is 10.9. The van der Waals surface area contributed by atoms with Gasteiger partial charge in [0.1, 0.15) is 11.5 Å². The first-order valence-corrected chi connectivity index (χ1v) is 15.1. The molecule has 2 aromatic carbocycles. The highest BCUT2D eigenvalue weighted by atomic mass is 32.1. The SMILES string of the molecule is CNc1nc(-c2ccc(OCCCCCOc3ccc(C(N)=NO)cc3)cc2)c(CCNCCN2CCOCC2)s1. The quantitative estimate of drug-likeness (QED) is 0.0613. The Morgan fingerprint density at radius 1 is 1.00 bits per heavy atom. The molecular weight excluding hydrogens is 540 g/mol. The molecule has 0 amide bonds. The molecule has 0 unspecified atom stereocenters. The van der Waals surface area contributed by atoms with E-state index in [-0.39, 0.29) is 5.84 Å². The highest BCUT2D eigenvalue weighted by Gasteiger charge is 2.13. The topological polar surface area (TPSA) is 126 Å². The number of thiazole rings is 1. The zero-order chi connectivity index (χ0) is 28.7. The van der Waals surface area contributed by atoms with Crippen molar-refractivity contribution in [1.82, 2.24) is 15.2 Å². The molecule has 0 bridgehead atoms. The van der Waals surface area contributed by atoms with Gasteiger partial charge in [-0.15, -0.1) is 11.3 Å². The van der Waals surface area contributed by atoms with Crippen molar-refractivity contribution in [2.24, 2.45) is 10.9 Å². The van der Waals surface area contributed by atoms with Gasteiger partial charge in [-0.05, 0) is 74.2 Å². The summed E-state index contributed by atoms with van der Waals surface area (Å²) in [4.78, 5) is 8.55. The molecule has 1 fully saturated rings. The average molecular weight is 583 g/mol. The average Bonchev–Trinajstić information content (AvgIpc) is 3.44. The summed E-state index contributed by atoms with van der Waals surface area (Å²) >= 11 is 1.72. The Morgan fingerprint density at radius 2 is 1.66 bits per heavy atom. The first kappa shape index (κ1) is 30.6. The maximum absolute atomic E-state index is 8.74. The van der Waals surface area contributed by atoms with E-state index in [4.69, 9.17) is 30.1 Å². The highest BCUT2D eigenvalue weighted by Crippen LogP contribution is 2.32. The van der Waals surface area contributed by atoms with Crippen LogP contribution in [0.4, 0.5) is 5.13 Å². The second-order valence-electron chi connectivity index (χ2n) is 9.79. The van der Waals surface area contributed by atoms with Crippen LogP contribution in [0.3, 0.4) is 0 Å². The third kappa shape index (κ3) is 9.89. The third-order valence-corrected chi connectivity index (χ3v) is 7.99. The number of rotatable bonds is 17. The van der Waals surface area contributed by atoms with E-state index in [1.807, 2.05) is 31.3 Å². The molecule has 2 heterocycles. The van der Waals surface area contributed by atoms with E-state index in [1.54, 1.807) is 23.5 Å². The summed E-state index contributed by atoms with van der Waals surface area (Å²) in [5, 5.41) is 19.5. The molecule has 1 aliphatic heterocycles. The largest absolute Gasteiger partial charge is 0.494 e. The van der Waals surface area contributed by atoms with Gasteiger partial charge in [0.2, 0.25) is 0 Å². The minimum absolute atomic E-state index is 0.0840. The molecule has 222 valence electrons. The van der Waals surface area contributed by atoms with Crippen molar-refractivity contribution >= 4 is 22.3 Å². The van der Waals surface area contributed by atoms with Gasteiger partial charge in [0, 0.05) is 55.8 Å². The van der Waals surface area contributed by atoms with E-state index in [1.165, 1.54) is 4.88 Å². The van der Waals surface area contributed by atoms with E-state index in [9.17, 15) is 0 Å². The monoisotopic (exact) mass is 582 g/mol. The molecule has 11 heteroatoms. The molecule has 0 aliphatic carbocycles. The van der Waals surface area contributed by atoms with Crippen LogP contribution in [0.1, 0.15) is 29.7 Å². The lowest BCUT2D eigenvalue weighted by molar-refractivity contribution is 0.0385. The van der Waals surface area contributed by atoms with Gasteiger partial charge in [0.25, 0.3) is 0 Å². The number of benzene rings is 2. The Labute approximate surface area is 246 Å². The number of nitrogens with zero attached hydrogens (tertiary/aromatic N) is 3. The maximum atomic E-state index is 8.74. The smallest absolute Gasteiger partial charge is 0.183 e. The van der Waals surface area contributed by atoms with Gasteiger partial charge in [-0.25, -0.2) is 4.98 Å². The van der Waals surface area contributed by atoms with Crippen LogP contribution in [-0.2, 0) is 11.2 Å². The van der Waals surface area contributed by atoms with Gasteiger partial charge in [0.15, 0.2) is 11.0 Å². The van der Waals surface area contributed by atoms with Gasteiger partial charge in [0.05, 0.1) is 32.1 Å². The summed E-state index contributed by atoms with van der Waals surface area (Å²) in [6.07, 6.45) is 3.84. The number of hydrogen-bond acceptors (Lipinski definition) is 10. The lowest BCUT2D eigenvalue weighted by atomic mass is 10.1. The Balaban J connectivity index is 1.14. The number of unbranched alkanes of at least 4 members (excludes halogenated alkanes) is 2. The molecule has 1 saturated heterocycles. The van der Waals surface area contributed by atoms with Crippen LogP contribution in [0, 0.1) is 0 Å². The lowest BCUT2D eigenvalue weighted by Crippen LogP contribution is -2.40. The number of nitrogens with two attached hydrogens (primary N) is 1. The number of hydrogen-bond donors (Lipinski definition) is 4. The fourth-order valence-electron chi connectivity index (χ4n) is 4.49. The van der Waals surface area contributed by atoms with Crippen molar-refractivity contribution in [3.05, 3.63) is 59.0 Å². The number of oxime groups is 1. The molecule has 5 N–H and O–H groups in total. The van der Waals surface area contributed by atoms with Gasteiger partial charge in [-0.3, -0.25) is 4.90 Å². The number of ether oxygens (including phenoxy) is 3. The van der Waals surface area contributed by atoms with E-state index >= 15 is 0 Å². The van der Waals surface area contributed by atoms with Crippen LogP contribution in [-0.4, -0.2) is 87.1 Å². The summed E-state index contributed by atoms with van der Waals surface area (Å²) < 4.78 is 17.2. The van der Waals surface area contributed by atoms with E-state index < -0.39 is 0 Å². The molecule has 41 heavy (non-hydrogen) atoms. The summed E-state index contributed by atoms with van der Waals surface area (Å²) in [6, 6.07) is 15.4. The number of morpholine rings is 1. The number of anilines is 1. The molecule has 4 rings (SSSR count). The standard InChI is InChI=1S/C30H42N6O4S/c1-32-30-34-28(27(41-30)13-14-33-15-16-36-17-21-38-22-18-36)23-5-9-25(10-6-23)39-19-3-2-4-20-40-26-11-7-24(8-12-26)29(31)35-37/h5-12,33,37H,2-4,13-22H2,1H3,(H2,31,35)(H,32,34). The summed E-state index contributed by atoms with van der Waals surface area (Å²) in [6.45, 7) is 8.00. The highest BCUT2D eigenvalue weighted by molar-refractivity contribution is 7.16. The normalized spacial score (nSPS) is 14.2. The Hall–Kier alpha value is -3.38. The van der Waals surface area contributed by atoms with E-state index in [0.717, 1.165) is 99.5 Å². The zero-order valence-electron chi connectivity index (χ0n) is 23.8. The van der Waals surface area contributed by atoms with Crippen molar-refractivity contribution in [3.8, 4) is 22.8 Å². The van der Waals surface area contributed by atoms with E-state index in [0.29, 0.717) is 18.8 Å². The molecule has 0 atom stereocenters. The van der Waals surface area contributed by atoms with Crippen molar-refractivity contribution in [1.29, 1.82) is 0 Å². The number of nitrogens with one attached hydrogen (secondary N) is 2. The fourth-order valence-corrected chi connectivity index (χ4v) is 5.43. The van der Waals surface area contributed by atoms with Crippen LogP contribution in [0.15, 0.2) is 53.7 Å².